The summed E-state index contributed by atoms with van der Waals surface area (Å²) in [5.41, 5.74) is 0.584. The largest absolute Gasteiger partial charge is 0.351 e. The summed E-state index contributed by atoms with van der Waals surface area (Å²) in [4.78, 5) is 7.23. The van der Waals surface area contributed by atoms with Crippen molar-refractivity contribution in [2.75, 3.05) is 13.1 Å². The van der Waals surface area contributed by atoms with Gasteiger partial charge in [0.15, 0.2) is 5.96 Å². The van der Waals surface area contributed by atoms with Gasteiger partial charge in [-0.25, -0.2) is 4.99 Å². The fourth-order valence-electron chi connectivity index (χ4n) is 2.23. The molecule has 0 amide bonds. The zero-order chi connectivity index (χ0) is 12.1. The van der Waals surface area contributed by atoms with E-state index in [0.717, 1.165) is 19.0 Å². The van der Waals surface area contributed by atoms with Crippen LogP contribution in [-0.4, -0.2) is 36.0 Å². The molecule has 2 aliphatic heterocycles. The summed E-state index contributed by atoms with van der Waals surface area (Å²) >= 11 is 0. The quantitative estimate of drug-likeness (QED) is 0.681. The smallest absolute Gasteiger partial charge is 0.194 e. The molecule has 2 atom stereocenters. The van der Waals surface area contributed by atoms with Gasteiger partial charge in [-0.1, -0.05) is 41.5 Å². The number of hydrogen-bond donors (Lipinski definition) is 1. The number of nitrogens with zero attached hydrogens (tertiary/aromatic N) is 2. The van der Waals surface area contributed by atoms with Crippen LogP contribution in [0.4, 0.5) is 0 Å². The second kappa shape index (κ2) is 3.38. The van der Waals surface area contributed by atoms with Gasteiger partial charge in [0.2, 0.25) is 0 Å². The summed E-state index contributed by atoms with van der Waals surface area (Å²) < 4.78 is 0. The van der Waals surface area contributed by atoms with Gasteiger partial charge in [0, 0.05) is 13.1 Å². The molecule has 2 aliphatic rings. The molecule has 0 saturated carbocycles. The van der Waals surface area contributed by atoms with Crippen LogP contribution in [0.25, 0.3) is 0 Å². The summed E-state index contributed by atoms with van der Waals surface area (Å²) in [5, 5.41) is 3.57. The van der Waals surface area contributed by atoms with Gasteiger partial charge in [0.05, 0.1) is 12.1 Å². The van der Waals surface area contributed by atoms with Gasteiger partial charge in [-0.2, -0.15) is 0 Å². The SMILES string of the molecule is CC(C)(C)[C@@H]1CN2C[C@@H](C(C)(C)C)NC2=N1. The highest BCUT2D eigenvalue weighted by atomic mass is 15.4. The van der Waals surface area contributed by atoms with Crippen molar-refractivity contribution >= 4 is 5.96 Å². The molecule has 92 valence electrons. The first-order chi connectivity index (χ1) is 7.18. The third kappa shape index (κ3) is 2.04. The average molecular weight is 223 g/mol. The zero-order valence-electron chi connectivity index (χ0n) is 11.5. The van der Waals surface area contributed by atoms with E-state index in [1.165, 1.54) is 0 Å². The Labute approximate surface area is 99.3 Å². The highest BCUT2D eigenvalue weighted by molar-refractivity contribution is 5.84. The number of fused-ring (bicyclic) bond motifs is 1. The lowest BCUT2D eigenvalue weighted by Gasteiger charge is -2.29. The van der Waals surface area contributed by atoms with Gasteiger partial charge in [-0.3, -0.25) is 0 Å². The molecule has 0 aromatic carbocycles. The molecule has 1 fully saturated rings. The van der Waals surface area contributed by atoms with E-state index in [-0.39, 0.29) is 5.41 Å². The molecule has 0 aromatic rings. The van der Waals surface area contributed by atoms with Crippen molar-refractivity contribution in [1.29, 1.82) is 0 Å². The van der Waals surface area contributed by atoms with Crippen LogP contribution in [0.1, 0.15) is 41.5 Å². The standard InChI is InChI=1S/C13H25N3/c1-12(2,3)9-7-16-8-10(13(4,5)6)15-11(16)14-9/h9-10H,7-8H2,1-6H3,(H,14,15)/t9-,10-/m0/s1. The van der Waals surface area contributed by atoms with Gasteiger partial charge in [0.1, 0.15) is 0 Å². The molecule has 0 radical (unpaired) electrons. The minimum Gasteiger partial charge on any atom is -0.351 e. The van der Waals surface area contributed by atoms with E-state index in [0.29, 0.717) is 17.5 Å². The molecule has 0 bridgehead atoms. The van der Waals surface area contributed by atoms with Crippen LogP contribution in [0, 0.1) is 10.8 Å². The Morgan fingerprint density at radius 3 is 2.12 bits per heavy atom. The first kappa shape index (κ1) is 11.7. The molecule has 16 heavy (non-hydrogen) atoms. The molecule has 0 spiro atoms. The molecule has 3 heteroatoms. The predicted octanol–water partition coefficient (Wildman–Crippen LogP) is 2.09. The number of nitrogens with one attached hydrogen (secondary N) is 1. The first-order valence-electron chi connectivity index (χ1n) is 6.27. The van der Waals surface area contributed by atoms with Crippen molar-refractivity contribution in [3.63, 3.8) is 0 Å². The van der Waals surface area contributed by atoms with Crippen molar-refractivity contribution < 1.29 is 0 Å². The highest BCUT2D eigenvalue weighted by Gasteiger charge is 2.41. The Hall–Kier alpha value is -0.730. The van der Waals surface area contributed by atoms with E-state index in [1.807, 2.05) is 0 Å². The van der Waals surface area contributed by atoms with Gasteiger partial charge in [-0.05, 0) is 10.8 Å². The molecule has 2 heterocycles. The molecular weight excluding hydrogens is 198 g/mol. The number of hydrogen-bond acceptors (Lipinski definition) is 3. The average Bonchev–Trinajstić information content (AvgIpc) is 2.53. The molecule has 1 N–H and O–H groups in total. The van der Waals surface area contributed by atoms with E-state index >= 15 is 0 Å². The molecule has 0 aliphatic carbocycles. The number of rotatable bonds is 0. The zero-order valence-corrected chi connectivity index (χ0v) is 11.5. The Morgan fingerprint density at radius 1 is 1.06 bits per heavy atom. The van der Waals surface area contributed by atoms with Gasteiger partial charge < -0.3 is 10.2 Å². The third-order valence-electron chi connectivity index (χ3n) is 3.72. The maximum atomic E-state index is 4.82. The van der Waals surface area contributed by atoms with Crippen molar-refractivity contribution in [2.24, 2.45) is 15.8 Å². The summed E-state index contributed by atoms with van der Waals surface area (Å²) in [6, 6.07) is 0.975. The molecule has 3 nitrogen and oxygen atoms in total. The minimum atomic E-state index is 0.274. The van der Waals surface area contributed by atoms with Crippen LogP contribution in [0.2, 0.25) is 0 Å². The van der Waals surface area contributed by atoms with Crippen molar-refractivity contribution in [1.82, 2.24) is 10.2 Å². The number of aliphatic imine (C=N–C) groups is 1. The topological polar surface area (TPSA) is 27.6 Å². The minimum absolute atomic E-state index is 0.274. The lowest BCUT2D eigenvalue weighted by Crippen LogP contribution is -2.39. The fourth-order valence-corrected chi connectivity index (χ4v) is 2.23. The Balaban J connectivity index is 2.08. The predicted molar refractivity (Wildman–Crippen MR) is 68.6 cm³/mol. The van der Waals surface area contributed by atoms with E-state index in [9.17, 15) is 0 Å². The van der Waals surface area contributed by atoms with Crippen LogP contribution < -0.4 is 5.32 Å². The molecule has 0 aromatic heterocycles. The summed E-state index contributed by atoms with van der Waals surface area (Å²) in [7, 11) is 0. The monoisotopic (exact) mass is 223 g/mol. The molecular formula is C13H25N3. The van der Waals surface area contributed by atoms with Crippen LogP contribution in [0.3, 0.4) is 0 Å². The second-order valence-electron chi connectivity index (χ2n) is 7.30. The van der Waals surface area contributed by atoms with E-state index in [4.69, 9.17) is 4.99 Å². The maximum Gasteiger partial charge on any atom is 0.194 e. The lowest BCUT2D eigenvalue weighted by atomic mass is 9.86. The second-order valence-corrected chi connectivity index (χ2v) is 7.30. The molecule has 1 saturated heterocycles. The van der Waals surface area contributed by atoms with E-state index in [2.05, 4.69) is 51.8 Å². The summed E-state index contributed by atoms with van der Waals surface area (Å²) in [6.45, 7) is 15.9. The van der Waals surface area contributed by atoms with E-state index < -0.39 is 0 Å². The summed E-state index contributed by atoms with van der Waals surface area (Å²) in [5.74, 6) is 1.12. The van der Waals surface area contributed by atoms with Crippen molar-refractivity contribution in [3.05, 3.63) is 0 Å². The normalized spacial score (nSPS) is 30.1. The highest BCUT2D eigenvalue weighted by Crippen LogP contribution is 2.31. The van der Waals surface area contributed by atoms with Crippen LogP contribution in [0.5, 0.6) is 0 Å². The van der Waals surface area contributed by atoms with Crippen LogP contribution >= 0.6 is 0 Å². The lowest BCUT2D eigenvalue weighted by molar-refractivity contribution is 0.253. The van der Waals surface area contributed by atoms with Crippen molar-refractivity contribution in [2.45, 2.75) is 53.6 Å². The summed E-state index contributed by atoms with van der Waals surface area (Å²) in [6.07, 6.45) is 0. The van der Waals surface area contributed by atoms with Gasteiger partial charge in [0.25, 0.3) is 0 Å². The molecule has 0 unspecified atom stereocenters. The maximum absolute atomic E-state index is 4.82. The van der Waals surface area contributed by atoms with Gasteiger partial charge >= 0.3 is 0 Å². The number of guanidine groups is 1. The third-order valence-corrected chi connectivity index (χ3v) is 3.72. The Morgan fingerprint density at radius 2 is 1.69 bits per heavy atom. The molecule has 2 rings (SSSR count). The fraction of sp³-hybridized carbons (Fsp3) is 0.923. The first-order valence-corrected chi connectivity index (χ1v) is 6.27. The van der Waals surface area contributed by atoms with Crippen molar-refractivity contribution in [3.8, 4) is 0 Å². The van der Waals surface area contributed by atoms with Gasteiger partial charge in [-0.15, -0.1) is 0 Å². The Bertz CT molecular complexity index is 306. The van der Waals surface area contributed by atoms with Crippen LogP contribution in [-0.2, 0) is 0 Å². The van der Waals surface area contributed by atoms with Crippen LogP contribution in [0.15, 0.2) is 4.99 Å². The van der Waals surface area contributed by atoms with E-state index in [1.54, 1.807) is 0 Å². The Kier molecular flexibility index (Phi) is 2.48.